The molecule has 0 saturated carbocycles. The number of halogens is 2. The van der Waals surface area contributed by atoms with E-state index in [1.807, 2.05) is 36.4 Å². The molecule has 34 heavy (non-hydrogen) atoms. The van der Waals surface area contributed by atoms with Gasteiger partial charge in [0.1, 0.15) is 0 Å². The van der Waals surface area contributed by atoms with E-state index >= 15 is 0 Å². The molecule has 0 aliphatic carbocycles. The van der Waals surface area contributed by atoms with Crippen molar-refractivity contribution < 1.29 is 18.7 Å². The minimum atomic E-state index is -2.70. The van der Waals surface area contributed by atoms with Gasteiger partial charge < -0.3 is 10.0 Å². The molecule has 1 saturated heterocycles. The van der Waals surface area contributed by atoms with Gasteiger partial charge in [-0.2, -0.15) is 5.10 Å². The fraction of sp³-hybridized carbons (Fsp3) is 0.269. The Morgan fingerprint density at radius 2 is 1.76 bits per heavy atom. The number of aliphatic hydroxyl groups is 1. The van der Waals surface area contributed by atoms with E-state index < -0.39 is 5.92 Å². The Balaban J connectivity index is 1.49. The second-order valence-electron chi connectivity index (χ2n) is 8.59. The average molecular weight is 463 g/mol. The van der Waals surface area contributed by atoms with Gasteiger partial charge in [0.15, 0.2) is 0 Å². The molecule has 5 rings (SSSR count). The third-order valence-electron chi connectivity index (χ3n) is 6.38. The van der Waals surface area contributed by atoms with E-state index in [9.17, 15) is 18.4 Å². The van der Waals surface area contributed by atoms with Gasteiger partial charge in [0, 0.05) is 36.9 Å². The zero-order valence-electron chi connectivity index (χ0n) is 18.4. The number of nitrogens with zero attached hydrogens (tertiary/aromatic N) is 3. The number of carbonyl (C=O) groups excluding carboxylic acids is 1. The molecule has 8 heteroatoms. The number of carbonyl (C=O) groups is 1. The molecule has 1 aliphatic rings. The summed E-state index contributed by atoms with van der Waals surface area (Å²) in [6.45, 7) is 0.0755. The number of aliphatic hydroxyl groups excluding tert-OH is 1. The van der Waals surface area contributed by atoms with Gasteiger partial charge in [-0.05, 0) is 46.2 Å². The molecule has 3 aromatic carbocycles. The third kappa shape index (κ3) is 4.05. The lowest BCUT2D eigenvalue weighted by atomic mass is 9.95. The molecule has 4 aromatic rings. The van der Waals surface area contributed by atoms with Crippen LogP contribution in [0.4, 0.5) is 8.78 Å². The smallest absolute Gasteiger partial charge is 0.274 e. The molecule has 0 bridgehead atoms. The van der Waals surface area contributed by atoms with Gasteiger partial charge in [-0.3, -0.25) is 9.59 Å². The summed E-state index contributed by atoms with van der Waals surface area (Å²) < 4.78 is 28.2. The molecular weight excluding hydrogens is 440 g/mol. The fourth-order valence-corrected chi connectivity index (χ4v) is 4.50. The van der Waals surface area contributed by atoms with E-state index in [0.717, 1.165) is 21.9 Å². The van der Waals surface area contributed by atoms with E-state index in [0.29, 0.717) is 16.3 Å². The average Bonchev–Trinajstić information content (AvgIpc) is 2.84. The quantitative estimate of drug-likeness (QED) is 0.495. The molecule has 1 N–H and O–H groups in total. The van der Waals surface area contributed by atoms with Crippen molar-refractivity contribution in [3.8, 4) is 11.1 Å². The van der Waals surface area contributed by atoms with Crippen LogP contribution in [-0.4, -0.2) is 51.3 Å². The van der Waals surface area contributed by atoms with E-state index in [1.165, 1.54) is 9.58 Å². The number of fused-ring (bicyclic) bond motifs is 2. The monoisotopic (exact) mass is 463 g/mol. The summed E-state index contributed by atoms with van der Waals surface area (Å²) in [7, 11) is 0. The first-order valence-corrected chi connectivity index (χ1v) is 11.2. The highest BCUT2D eigenvalue weighted by Gasteiger charge is 2.35. The van der Waals surface area contributed by atoms with Gasteiger partial charge in [-0.15, -0.1) is 0 Å². The van der Waals surface area contributed by atoms with E-state index in [4.69, 9.17) is 5.11 Å². The maximum absolute atomic E-state index is 13.5. The number of piperidine rings is 1. The number of likely N-dealkylation sites (tertiary alicyclic amines) is 1. The Morgan fingerprint density at radius 1 is 1.00 bits per heavy atom. The minimum Gasteiger partial charge on any atom is -0.394 e. The first-order valence-electron chi connectivity index (χ1n) is 11.2. The highest BCUT2D eigenvalue weighted by Crippen LogP contribution is 2.32. The highest BCUT2D eigenvalue weighted by molar-refractivity contribution is 6.03. The lowest BCUT2D eigenvalue weighted by molar-refractivity contribution is -0.0494. The Kier molecular flexibility index (Phi) is 5.61. The van der Waals surface area contributed by atoms with Gasteiger partial charge in [-0.25, -0.2) is 13.5 Å². The van der Waals surface area contributed by atoms with E-state index in [2.05, 4.69) is 5.10 Å². The van der Waals surface area contributed by atoms with Crippen molar-refractivity contribution in [1.82, 2.24) is 14.7 Å². The first-order chi connectivity index (χ1) is 16.4. The normalized spacial score (nSPS) is 15.7. The van der Waals surface area contributed by atoms with Gasteiger partial charge in [0.05, 0.1) is 24.7 Å². The van der Waals surface area contributed by atoms with Gasteiger partial charge in [0.2, 0.25) is 0 Å². The van der Waals surface area contributed by atoms with Gasteiger partial charge in [-0.1, -0.05) is 30.3 Å². The fourth-order valence-electron chi connectivity index (χ4n) is 4.50. The molecule has 0 radical (unpaired) electrons. The van der Waals surface area contributed by atoms with Crippen LogP contribution in [0, 0.1) is 0 Å². The summed E-state index contributed by atoms with van der Waals surface area (Å²) in [6, 6.07) is 16.7. The molecule has 0 unspecified atom stereocenters. The number of hydrogen-bond acceptors (Lipinski definition) is 4. The third-order valence-corrected chi connectivity index (χ3v) is 6.38. The number of benzene rings is 3. The molecule has 1 fully saturated rings. The molecule has 1 amide bonds. The molecule has 1 aromatic heterocycles. The minimum absolute atomic E-state index is 0.0506. The lowest BCUT2D eigenvalue weighted by Gasteiger charge is -2.31. The summed E-state index contributed by atoms with van der Waals surface area (Å²) in [5.41, 5.74) is 2.06. The van der Waals surface area contributed by atoms with Crippen LogP contribution in [0.15, 0.2) is 65.6 Å². The zero-order valence-corrected chi connectivity index (χ0v) is 18.4. The first kappa shape index (κ1) is 22.2. The predicted molar refractivity (Wildman–Crippen MR) is 126 cm³/mol. The summed E-state index contributed by atoms with van der Waals surface area (Å²) in [6.07, 6.45) is 0.997. The van der Waals surface area contributed by atoms with Crippen molar-refractivity contribution in [2.24, 2.45) is 0 Å². The van der Waals surface area contributed by atoms with Crippen LogP contribution in [0.25, 0.3) is 32.7 Å². The van der Waals surface area contributed by atoms with E-state index in [1.54, 1.807) is 24.4 Å². The van der Waals surface area contributed by atoms with Crippen molar-refractivity contribution in [1.29, 1.82) is 0 Å². The van der Waals surface area contributed by atoms with Crippen LogP contribution < -0.4 is 5.56 Å². The van der Waals surface area contributed by atoms with Crippen molar-refractivity contribution in [2.75, 3.05) is 19.7 Å². The largest absolute Gasteiger partial charge is 0.394 e. The summed E-state index contributed by atoms with van der Waals surface area (Å²) in [5.74, 6) is -2.94. The van der Waals surface area contributed by atoms with Crippen molar-refractivity contribution in [3.05, 3.63) is 76.7 Å². The van der Waals surface area contributed by atoms with Crippen LogP contribution in [0.1, 0.15) is 23.2 Å². The summed E-state index contributed by atoms with van der Waals surface area (Å²) >= 11 is 0. The van der Waals surface area contributed by atoms with E-state index in [-0.39, 0.29) is 50.5 Å². The summed E-state index contributed by atoms with van der Waals surface area (Å²) in [4.78, 5) is 26.9. The molecule has 2 heterocycles. The highest BCUT2D eigenvalue weighted by atomic mass is 19.3. The number of alkyl halides is 2. The molecular formula is C26H23F2N3O3. The van der Waals surface area contributed by atoms with Gasteiger partial charge in [0.25, 0.3) is 17.4 Å². The predicted octanol–water partition coefficient (Wildman–Crippen LogP) is 4.08. The van der Waals surface area contributed by atoms with Crippen LogP contribution in [0.3, 0.4) is 0 Å². The van der Waals surface area contributed by atoms with Crippen LogP contribution in [0.5, 0.6) is 0 Å². The van der Waals surface area contributed by atoms with Crippen molar-refractivity contribution in [3.63, 3.8) is 0 Å². The number of aromatic nitrogens is 2. The number of hydrogen-bond donors (Lipinski definition) is 1. The maximum atomic E-state index is 13.5. The van der Waals surface area contributed by atoms with Crippen LogP contribution >= 0.6 is 0 Å². The van der Waals surface area contributed by atoms with Crippen LogP contribution in [0.2, 0.25) is 0 Å². The second kappa shape index (κ2) is 8.61. The Morgan fingerprint density at radius 3 is 2.53 bits per heavy atom. The molecule has 1 aliphatic heterocycles. The molecule has 6 nitrogen and oxygen atoms in total. The SMILES string of the molecule is O=C(c1ccc2c(-c3ccc4c(=O)n(CCO)ncc4c3)cccc2c1)N1CCC(F)(F)CC1. The standard InChI is InChI=1S/C26H23F2N3O3/c27-26(28)8-10-30(11-9-26)24(33)19-5-6-22-17(14-19)2-1-3-21(22)18-4-7-23-20(15-18)16-29-31(12-13-32)25(23)34/h1-7,14-16,32H,8-13H2. The summed E-state index contributed by atoms with van der Waals surface area (Å²) in [5, 5.41) is 16.3. The van der Waals surface area contributed by atoms with Crippen molar-refractivity contribution in [2.45, 2.75) is 25.3 Å². The Bertz CT molecular complexity index is 1460. The Labute approximate surface area is 194 Å². The Hall–Kier alpha value is -3.65. The molecule has 0 spiro atoms. The lowest BCUT2D eigenvalue weighted by Crippen LogP contribution is -2.42. The van der Waals surface area contributed by atoms with Crippen molar-refractivity contribution >= 4 is 27.5 Å². The topological polar surface area (TPSA) is 75.4 Å². The number of rotatable bonds is 4. The molecule has 0 atom stereocenters. The van der Waals surface area contributed by atoms with Gasteiger partial charge >= 0.3 is 0 Å². The second-order valence-corrected chi connectivity index (χ2v) is 8.59. The maximum Gasteiger partial charge on any atom is 0.274 e. The van der Waals surface area contributed by atoms with Crippen LogP contribution in [-0.2, 0) is 6.54 Å². The number of amides is 1. The zero-order chi connectivity index (χ0) is 23.9. The molecule has 174 valence electrons.